The second-order valence-electron chi connectivity index (χ2n) is 6.62. The average molecular weight is 367 g/mol. The molecule has 6 nitrogen and oxygen atoms in total. The lowest BCUT2D eigenvalue weighted by atomic mass is 10.0. The van der Waals surface area contributed by atoms with E-state index in [0.29, 0.717) is 18.0 Å². The maximum absolute atomic E-state index is 12.4. The van der Waals surface area contributed by atoms with Gasteiger partial charge in [0.1, 0.15) is 6.04 Å². The lowest BCUT2D eigenvalue weighted by Crippen LogP contribution is -2.40. The highest BCUT2D eigenvalue weighted by molar-refractivity contribution is 6.30. The summed E-state index contributed by atoms with van der Waals surface area (Å²) < 4.78 is 5.67. The first-order valence-corrected chi connectivity index (χ1v) is 9.02. The van der Waals surface area contributed by atoms with Crippen molar-refractivity contribution < 1.29 is 19.4 Å². The second-order valence-corrected chi connectivity index (χ2v) is 7.05. The van der Waals surface area contributed by atoms with Crippen LogP contribution in [0.1, 0.15) is 37.9 Å². The normalized spacial score (nSPS) is 22.9. The first kappa shape index (κ1) is 18.2. The number of carbonyl (C=O) groups is 2. The third kappa shape index (κ3) is 3.97. The summed E-state index contributed by atoms with van der Waals surface area (Å²) in [6.07, 6.45) is 1.46. The Labute approximate surface area is 152 Å². The van der Waals surface area contributed by atoms with Crippen LogP contribution in [0.15, 0.2) is 24.3 Å². The highest BCUT2D eigenvalue weighted by Gasteiger charge is 2.46. The number of halogens is 1. The van der Waals surface area contributed by atoms with Crippen LogP contribution in [0.4, 0.5) is 4.79 Å². The van der Waals surface area contributed by atoms with Crippen LogP contribution in [0.5, 0.6) is 0 Å². The molecule has 0 unspecified atom stereocenters. The molecule has 2 heterocycles. The third-order valence-corrected chi connectivity index (χ3v) is 5.05. The fourth-order valence-corrected chi connectivity index (χ4v) is 3.49. The van der Waals surface area contributed by atoms with E-state index < -0.39 is 6.10 Å². The molecule has 25 heavy (non-hydrogen) atoms. The summed E-state index contributed by atoms with van der Waals surface area (Å²) in [5, 5.41) is 10.9. The minimum Gasteiger partial charge on any atom is -0.389 e. The zero-order valence-corrected chi connectivity index (χ0v) is 15.0. The minimum absolute atomic E-state index is 0.0298. The molecule has 7 heteroatoms. The number of β-amino-alcohol motifs (C(OH)–C–C–N with tert-alkyl or cyclic N) is 1. The second kappa shape index (κ2) is 7.72. The molecular weight excluding hydrogens is 344 g/mol. The van der Waals surface area contributed by atoms with E-state index in [9.17, 15) is 14.7 Å². The van der Waals surface area contributed by atoms with Crippen molar-refractivity contribution in [2.24, 2.45) is 0 Å². The Balaban J connectivity index is 1.52. The van der Waals surface area contributed by atoms with Gasteiger partial charge in [-0.25, -0.2) is 4.79 Å². The van der Waals surface area contributed by atoms with Crippen molar-refractivity contribution >= 4 is 23.5 Å². The lowest BCUT2D eigenvalue weighted by molar-refractivity contribution is -0.130. The van der Waals surface area contributed by atoms with Gasteiger partial charge in [0, 0.05) is 11.6 Å². The molecule has 0 spiro atoms. The van der Waals surface area contributed by atoms with Gasteiger partial charge in [-0.3, -0.25) is 9.69 Å². The zero-order valence-electron chi connectivity index (χ0n) is 14.2. The molecule has 1 aromatic carbocycles. The van der Waals surface area contributed by atoms with E-state index in [1.54, 1.807) is 17.0 Å². The molecule has 1 N–H and O–H groups in total. The molecule has 1 aromatic rings. The van der Waals surface area contributed by atoms with E-state index in [4.69, 9.17) is 16.3 Å². The first-order valence-electron chi connectivity index (χ1n) is 8.64. The van der Waals surface area contributed by atoms with E-state index in [2.05, 4.69) is 0 Å². The molecule has 0 saturated carbocycles. The number of ether oxygens (including phenoxy) is 1. The van der Waals surface area contributed by atoms with Gasteiger partial charge < -0.3 is 14.7 Å². The number of nitrogens with zero attached hydrogens (tertiary/aromatic N) is 2. The van der Waals surface area contributed by atoms with Crippen LogP contribution >= 0.6 is 11.6 Å². The van der Waals surface area contributed by atoms with Gasteiger partial charge in [0.2, 0.25) is 0 Å². The molecule has 0 bridgehead atoms. The van der Waals surface area contributed by atoms with Crippen molar-refractivity contribution in [3.05, 3.63) is 34.9 Å². The summed E-state index contributed by atoms with van der Waals surface area (Å²) in [6, 6.07) is 6.66. The Morgan fingerprint density at radius 2 is 2.00 bits per heavy atom. The van der Waals surface area contributed by atoms with E-state index in [0.717, 1.165) is 23.3 Å². The highest BCUT2D eigenvalue weighted by atomic mass is 35.5. The molecule has 2 saturated heterocycles. The Bertz CT molecular complexity index is 612. The number of aliphatic hydroxyl groups is 1. The minimum atomic E-state index is -0.913. The predicted molar refractivity (Wildman–Crippen MR) is 93.3 cm³/mol. The fourth-order valence-electron chi connectivity index (χ4n) is 3.36. The maximum atomic E-state index is 12.4. The molecule has 3 atom stereocenters. The number of rotatable bonds is 6. The number of urea groups is 1. The van der Waals surface area contributed by atoms with Crippen LogP contribution < -0.4 is 0 Å². The van der Waals surface area contributed by atoms with Crippen molar-refractivity contribution in [3.63, 3.8) is 0 Å². The number of fused-ring (bicyclic) bond motifs is 1. The van der Waals surface area contributed by atoms with Crippen LogP contribution in [0.25, 0.3) is 0 Å². The van der Waals surface area contributed by atoms with Gasteiger partial charge in [0.05, 0.1) is 25.4 Å². The van der Waals surface area contributed by atoms with Crippen LogP contribution in [-0.4, -0.2) is 58.7 Å². The lowest BCUT2D eigenvalue weighted by Gasteiger charge is -2.26. The molecule has 0 radical (unpaired) electrons. The molecular formula is C18H23ClN2O4. The summed E-state index contributed by atoms with van der Waals surface area (Å²) in [4.78, 5) is 27.5. The van der Waals surface area contributed by atoms with Gasteiger partial charge in [0.15, 0.2) is 0 Å². The summed E-state index contributed by atoms with van der Waals surface area (Å²) in [5.74, 6) is -0.200. The van der Waals surface area contributed by atoms with Crippen LogP contribution in [0.3, 0.4) is 0 Å². The van der Waals surface area contributed by atoms with Crippen LogP contribution in [0.2, 0.25) is 5.02 Å². The van der Waals surface area contributed by atoms with Crippen molar-refractivity contribution in [1.29, 1.82) is 0 Å². The van der Waals surface area contributed by atoms with E-state index >= 15 is 0 Å². The number of benzene rings is 1. The third-order valence-electron chi connectivity index (χ3n) is 4.80. The Hall–Kier alpha value is -1.63. The first-order chi connectivity index (χ1) is 12.0. The van der Waals surface area contributed by atoms with E-state index in [-0.39, 0.29) is 37.2 Å². The number of amides is 3. The van der Waals surface area contributed by atoms with Crippen molar-refractivity contribution in [1.82, 2.24) is 9.80 Å². The van der Waals surface area contributed by atoms with Crippen LogP contribution in [-0.2, 0) is 9.53 Å². The molecule has 2 aliphatic rings. The molecule has 0 aliphatic carbocycles. The van der Waals surface area contributed by atoms with E-state index in [1.807, 2.05) is 19.1 Å². The summed E-state index contributed by atoms with van der Waals surface area (Å²) in [6.45, 7) is 2.51. The number of imide groups is 1. The fraction of sp³-hybridized carbons (Fsp3) is 0.556. The largest absolute Gasteiger partial charge is 0.389 e. The monoisotopic (exact) mass is 366 g/mol. The number of carbonyl (C=O) groups excluding carboxylic acids is 2. The van der Waals surface area contributed by atoms with Gasteiger partial charge in [-0.2, -0.15) is 0 Å². The van der Waals surface area contributed by atoms with Crippen molar-refractivity contribution in [2.45, 2.75) is 44.4 Å². The van der Waals surface area contributed by atoms with Gasteiger partial charge in [0.25, 0.3) is 5.91 Å². The predicted octanol–water partition coefficient (Wildman–Crippen LogP) is 2.60. The van der Waals surface area contributed by atoms with Gasteiger partial charge in [-0.05, 0) is 43.9 Å². The number of hydrogen-bond donors (Lipinski definition) is 1. The van der Waals surface area contributed by atoms with Crippen molar-refractivity contribution in [3.8, 4) is 0 Å². The Kier molecular flexibility index (Phi) is 5.61. The summed E-state index contributed by atoms with van der Waals surface area (Å²) in [7, 11) is 0. The number of piperidine rings is 1. The molecule has 2 aliphatic heterocycles. The molecule has 136 valence electrons. The number of aliphatic hydroxyl groups excluding tert-OH is 1. The summed E-state index contributed by atoms with van der Waals surface area (Å²) in [5.41, 5.74) is 0.946. The SMILES string of the molecule is C[C@H](OC[C@H](O)CN1C(=O)[C@H]2CCCCN2C1=O)c1ccc(Cl)cc1. The zero-order chi connectivity index (χ0) is 18.0. The highest BCUT2D eigenvalue weighted by Crippen LogP contribution is 2.27. The molecule has 3 amide bonds. The topological polar surface area (TPSA) is 70.1 Å². The molecule has 0 aromatic heterocycles. The Morgan fingerprint density at radius 3 is 2.68 bits per heavy atom. The van der Waals surface area contributed by atoms with Gasteiger partial charge >= 0.3 is 6.03 Å². The molecule has 2 fully saturated rings. The summed E-state index contributed by atoms with van der Waals surface area (Å²) >= 11 is 5.86. The maximum Gasteiger partial charge on any atom is 0.327 e. The van der Waals surface area contributed by atoms with Crippen molar-refractivity contribution in [2.75, 3.05) is 19.7 Å². The quantitative estimate of drug-likeness (QED) is 0.785. The average Bonchev–Trinajstić information content (AvgIpc) is 2.86. The Morgan fingerprint density at radius 1 is 1.28 bits per heavy atom. The van der Waals surface area contributed by atoms with E-state index in [1.165, 1.54) is 0 Å². The molecule has 3 rings (SSSR count). The standard InChI is InChI=1S/C18H23ClN2O4/c1-12(13-5-7-14(19)8-6-13)25-11-15(22)10-21-17(23)16-4-2-3-9-20(16)18(21)24/h5-8,12,15-16,22H,2-4,9-11H2,1H3/t12-,15+,16+/m0/s1. The number of hydrogen-bond acceptors (Lipinski definition) is 4. The van der Waals surface area contributed by atoms with Crippen LogP contribution in [0, 0.1) is 0 Å². The smallest absolute Gasteiger partial charge is 0.327 e. The van der Waals surface area contributed by atoms with Gasteiger partial charge in [-0.15, -0.1) is 0 Å². The van der Waals surface area contributed by atoms with Gasteiger partial charge in [-0.1, -0.05) is 23.7 Å².